The van der Waals surface area contributed by atoms with Crippen molar-refractivity contribution < 1.29 is 9.18 Å². The molecule has 4 heterocycles. The van der Waals surface area contributed by atoms with Gasteiger partial charge in [-0.3, -0.25) is 14.5 Å². The fourth-order valence-electron chi connectivity index (χ4n) is 5.05. The minimum absolute atomic E-state index is 0.0370. The number of halogens is 1. The number of amides is 1. The topological polar surface area (TPSA) is 103 Å². The number of imidazole rings is 1. The summed E-state index contributed by atoms with van der Waals surface area (Å²) in [5.74, 6) is -0.299. The fraction of sp³-hybridized carbons (Fsp3) is 0.280. The summed E-state index contributed by atoms with van der Waals surface area (Å²) in [4.78, 5) is 20.1. The summed E-state index contributed by atoms with van der Waals surface area (Å²) in [6.45, 7) is 4.19. The van der Waals surface area contributed by atoms with E-state index in [2.05, 4.69) is 15.5 Å². The van der Waals surface area contributed by atoms with Crippen LogP contribution in [0.5, 0.6) is 0 Å². The van der Waals surface area contributed by atoms with Gasteiger partial charge in [-0.25, -0.2) is 9.37 Å². The van der Waals surface area contributed by atoms with E-state index >= 15 is 0 Å². The number of aromatic nitrogens is 4. The molecule has 2 saturated heterocycles. The summed E-state index contributed by atoms with van der Waals surface area (Å²) in [6, 6.07) is 12.0. The molecule has 8 nitrogen and oxygen atoms in total. The van der Waals surface area contributed by atoms with Gasteiger partial charge in [-0.05, 0) is 62.7 Å². The van der Waals surface area contributed by atoms with Gasteiger partial charge in [0.1, 0.15) is 23.4 Å². The average Bonchev–Trinajstić information content (AvgIpc) is 3.54. The second-order valence-corrected chi connectivity index (χ2v) is 9.09. The number of carbonyl (C=O) groups excluding carboxylic acids is 1. The summed E-state index contributed by atoms with van der Waals surface area (Å²) in [5, 5.41) is 20.5. The molecule has 9 heteroatoms. The third-order valence-corrected chi connectivity index (χ3v) is 7.08. The first-order chi connectivity index (χ1) is 16.5. The smallest absolute Gasteiger partial charge is 0.274 e. The van der Waals surface area contributed by atoms with Crippen molar-refractivity contribution in [1.29, 1.82) is 5.26 Å². The molecular formula is C25H22FN7O. The minimum Gasteiger partial charge on any atom is -0.335 e. The second-order valence-electron chi connectivity index (χ2n) is 9.09. The largest absolute Gasteiger partial charge is 0.335 e. The predicted molar refractivity (Wildman–Crippen MR) is 124 cm³/mol. The molecule has 34 heavy (non-hydrogen) atoms. The van der Waals surface area contributed by atoms with E-state index in [0.29, 0.717) is 35.9 Å². The van der Waals surface area contributed by atoms with Crippen LogP contribution in [-0.2, 0) is 0 Å². The molecule has 4 aromatic rings. The number of H-pyrrole nitrogens is 1. The van der Waals surface area contributed by atoms with Crippen molar-refractivity contribution in [1.82, 2.24) is 30.0 Å². The van der Waals surface area contributed by atoms with Crippen molar-refractivity contribution in [2.24, 2.45) is 0 Å². The van der Waals surface area contributed by atoms with Crippen molar-refractivity contribution in [3.05, 3.63) is 65.4 Å². The zero-order chi connectivity index (χ0) is 23.4. The highest BCUT2D eigenvalue weighted by molar-refractivity contribution is 5.95. The Morgan fingerprint density at radius 2 is 2.09 bits per heavy atom. The van der Waals surface area contributed by atoms with Gasteiger partial charge in [0.15, 0.2) is 0 Å². The van der Waals surface area contributed by atoms with Crippen molar-refractivity contribution in [3.8, 4) is 23.1 Å². The van der Waals surface area contributed by atoms with Crippen molar-refractivity contribution in [2.75, 3.05) is 19.6 Å². The van der Waals surface area contributed by atoms with Crippen LogP contribution in [0.3, 0.4) is 0 Å². The van der Waals surface area contributed by atoms with Gasteiger partial charge in [0.05, 0.1) is 23.0 Å². The third kappa shape index (κ3) is 3.10. The summed E-state index contributed by atoms with van der Waals surface area (Å²) >= 11 is 0. The van der Waals surface area contributed by atoms with Crippen LogP contribution in [0.2, 0.25) is 0 Å². The summed E-state index contributed by atoms with van der Waals surface area (Å²) in [5.41, 5.74) is 3.20. The molecule has 1 atom stereocenters. The van der Waals surface area contributed by atoms with E-state index in [1.54, 1.807) is 12.3 Å². The van der Waals surface area contributed by atoms with Gasteiger partial charge in [0.2, 0.25) is 0 Å². The summed E-state index contributed by atoms with van der Waals surface area (Å²) in [6.07, 6.45) is 3.74. The van der Waals surface area contributed by atoms with Crippen LogP contribution in [0, 0.1) is 24.1 Å². The SMILES string of the molecule is Cc1c(C(=O)N2CCC3(CCN3)C2)nc(-c2ccc(C#N)c(F)c2)n1-c1ccc2[nH]ncc2c1. The number of aromatic amines is 1. The van der Waals surface area contributed by atoms with E-state index in [4.69, 9.17) is 10.2 Å². The molecular weight excluding hydrogens is 433 g/mol. The number of nitrogens with zero attached hydrogens (tertiary/aromatic N) is 5. The van der Waals surface area contributed by atoms with Crippen LogP contribution in [0.4, 0.5) is 4.39 Å². The number of carbonyl (C=O) groups is 1. The number of hydrogen-bond donors (Lipinski definition) is 2. The van der Waals surface area contributed by atoms with Crippen molar-refractivity contribution >= 4 is 16.8 Å². The molecule has 2 N–H and O–H groups in total. The highest BCUT2D eigenvalue weighted by atomic mass is 19.1. The zero-order valence-corrected chi connectivity index (χ0v) is 18.6. The number of nitrogens with one attached hydrogen (secondary N) is 2. The Bertz CT molecular complexity index is 1490. The molecule has 0 bridgehead atoms. The maximum atomic E-state index is 14.5. The maximum absolute atomic E-state index is 14.5. The van der Waals surface area contributed by atoms with Gasteiger partial charge in [0, 0.05) is 35.3 Å². The molecule has 6 rings (SSSR count). The van der Waals surface area contributed by atoms with Gasteiger partial charge < -0.3 is 10.2 Å². The van der Waals surface area contributed by atoms with Gasteiger partial charge >= 0.3 is 0 Å². The van der Waals surface area contributed by atoms with Crippen molar-refractivity contribution in [2.45, 2.75) is 25.3 Å². The summed E-state index contributed by atoms with van der Waals surface area (Å²) < 4.78 is 16.4. The monoisotopic (exact) mass is 455 g/mol. The maximum Gasteiger partial charge on any atom is 0.274 e. The van der Waals surface area contributed by atoms with Gasteiger partial charge in [-0.2, -0.15) is 10.4 Å². The lowest BCUT2D eigenvalue weighted by Crippen LogP contribution is -2.58. The van der Waals surface area contributed by atoms with Gasteiger partial charge in [-0.1, -0.05) is 0 Å². The van der Waals surface area contributed by atoms with E-state index in [-0.39, 0.29) is 17.0 Å². The number of fused-ring (bicyclic) bond motifs is 1. The molecule has 1 spiro atoms. The number of hydrogen-bond acceptors (Lipinski definition) is 5. The first-order valence-electron chi connectivity index (χ1n) is 11.3. The Morgan fingerprint density at radius 1 is 1.24 bits per heavy atom. The lowest BCUT2D eigenvalue weighted by atomic mass is 9.87. The van der Waals surface area contributed by atoms with E-state index in [1.165, 1.54) is 12.1 Å². The number of nitriles is 1. The normalized spacial score (nSPS) is 19.5. The number of rotatable bonds is 3. The van der Waals surface area contributed by atoms with E-state index < -0.39 is 5.82 Å². The quantitative estimate of drug-likeness (QED) is 0.493. The predicted octanol–water partition coefficient (Wildman–Crippen LogP) is 3.31. The Kier molecular flexibility index (Phi) is 4.54. The van der Waals surface area contributed by atoms with Crippen LogP contribution >= 0.6 is 0 Å². The third-order valence-electron chi connectivity index (χ3n) is 7.08. The summed E-state index contributed by atoms with van der Waals surface area (Å²) in [7, 11) is 0. The van der Waals surface area contributed by atoms with E-state index in [9.17, 15) is 9.18 Å². The highest BCUT2D eigenvalue weighted by Crippen LogP contribution is 2.33. The molecule has 1 unspecified atom stereocenters. The molecule has 2 aliphatic heterocycles. The van der Waals surface area contributed by atoms with Gasteiger partial charge in [0.25, 0.3) is 5.91 Å². The van der Waals surface area contributed by atoms with Gasteiger partial charge in [-0.15, -0.1) is 0 Å². The Hall–Kier alpha value is -4.03. The molecule has 2 aromatic carbocycles. The number of benzene rings is 2. The molecule has 0 radical (unpaired) electrons. The Labute approximate surface area is 195 Å². The molecule has 2 aliphatic rings. The van der Waals surface area contributed by atoms with E-state index in [0.717, 1.165) is 36.0 Å². The second kappa shape index (κ2) is 7.50. The first-order valence-corrected chi connectivity index (χ1v) is 11.3. The average molecular weight is 455 g/mol. The van der Waals surface area contributed by atoms with Crippen LogP contribution < -0.4 is 5.32 Å². The molecule has 1 amide bonds. The minimum atomic E-state index is -0.622. The number of likely N-dealkylation sites (tertiary alicyclic amines) is 1. The lowest BCUT2D eigenvalue weighted by molar-refractivity contribution is 0.0760. The van der Waals surface area contributed by atoms with Crippen LogP contribution in [-0.4, -0.2) is 55.7 Å². The first kappa shape index (κ1) is 20.6. The van der Waals surface area contributed by atoms with Crippen LogP contribution in [0.1, 0.15) is 34.6 Å². The lowest BCUT2D eigenvalue weighted by Gasteiger charge is -2.39. The molecule has 2 aromatic heterocycles. The Balaban J connectivity index is 1.48. The van der Waals surface area contributed by atoms with Crippen LogP contribution in [0.15, 0.2) is 42.6 Å². The molecule has 0 saturated carbocycles. The fourth-order valence-corrected chi connectivity index (χ4v) is 5.05. The molecule has 2 fully saturated rings. The standard InChI is InChI=1S/C25H22FN7O/c1-15-22(24(34)32-9-7-25(14-32)6-8-28-25)30-23(16-2-3-17(12-27)20(26)11-16)33(15)19-4-5-21-18(10-19)13-29-31-21/h2-5,10-11,13,28H,6-9,14H2,1H3,(H,29,31). The Morgan fingerprint density at radius 3 is 2.79 bits per heavy atom. The molecule has 0 aliphatic carbocycles. The highest BCUT2D eigenvalue weighted by Gasteiger charge is 2.44. The van der Waals surface area contributed by atoms with Crippen molar-refractivity contribution in [3.63, 3.8) is 0 Å². The zero-order valence-electron chi connectivity index (χ0n) is 18.6. The van der Waals surface area contributed by atoms with E-state index in [1.807, 2.05) is 40.7 Å². The molecule has 170 valence electrons. The van der Waals surface area contributed by atoms with Crippen LogP contribution in [0.25, 0.3) is 28.0 Å².